The fourth-order valence-corrected chi connectivity index (χ4v) is 2.23. The van der Waals surface area contributed by atoms with Crippen molar-refractivity contribution in [3.8, 4) is 0 Å². The third kappa shape index (κ3) is 3.79. The zero-order valence-electron chi connectivity index (χ0n) is 14.0. The second-order valence-corrected chi connectivity index (χ2v) is 6.60. The Balaban J connectivity index is 1.81. The highest BCUT2D eigenvalue weighted by Crippen LogP contribution is 2.21. The van der Waals surface area contributed by atoms with E-state index in [1.807, 2.05) is 0 Å². The van der Waals surface area contributed by atoms with Crippen LogP contribution in [0.3, 0.4) is 0 Å². The molecule has 1 heterocycles. The van der Waals surface area contributed by atoms with Crippen molar-refractivity contribution in [3.05, 3.63) is 35.4 Å². The molecule has 7 heteroatoms. The molecule has 128 valence electrons. The standard InChI is InChI=1S/C17H21N3O4/c1-17(2,3)16(24)19-9-8-18-13(21)10-20-14(22)11-6-4-5-7-12(11)15(20)23/h4-7H,8-10H2,1-3H3,(H,18,21)(H,19,24). The van der Waals surface area contributed by atoms with E-state index in [0.29, 0.717) is 11.1 Å². The molecule has 0 bridgehead atoms. The highest BCUT2D eigenvalue weighted by Gasteiger charge is 2.36. The van der Waals surface area contributed by atoms with Gasteiger partial charge in [-0.2, -0.15) is 0 Å². The summed E-state index contributed by atoms with van der Waals surface area (Å²) in [5.41, 5.74) is 0.130. The number of hydrogen-bond donors (Lipinski definition) is 2. The van der Waals surface area contributed by atoms with Crippen molar-refractivity contribution in [2.45, 2.75) is 20.8 Å². The summed E-state index contributed by atoms with van der Waals surface area (Å²) < 4.78 is 0. The summed E-state index contributed by atoms with van der Waals surface area (Å²) in [6, 6.07) is 6.47. The molecule has 0 aromatic heterocycles. The zero-order valence-corrected chi connectivity index (χ0v) is 14.0. The van der Waals surface area contributed by atoms with Crippen molar-refractivity contribution >= 4 is 23.6 Å². The predicted molar refractivity (Wildman–Crippen MR) is 87.3 cm³/mol. The molecule has 0 saturated carbocycles. The fraction of sp³-hybridized carbons (Fsp3) is 0.412. The number of carbonyl (C=O) groups is 4. The normalized spacial score (nSPS) is 13.7. The number of nitrogens with zero attached hydrogens (tertiary/aromatic N) is 1. The summed E-state index contributed by atoms with van der Waals surface area (Å²) in [6.07, 6.45) is 0. The molecular weight excluding hydrogens is 310 g/mol. The molecule has 0 aliphatic carbocycles. The molecule has 0 saturated heterocycles. The van der Waals surface area contributed by atoms with Gasteiger partial charge in [0.1, 0.15) is 6.54 Å². The largest absolute Gasteiger partial charge is 0.354 e. The molecule has 0 atom stereocenters. The minimum Gasteiger partial charge on any atom is -0.354 e. The first-order valence-corrected chi connectivity index (χ1v) is 7.72. The van der Waals surface area contributed by atoms with E-state index in [2.05, 4.69) is 10.6 Å². The van der Waals surface area contributed by atoms with Gasteiger partial charge in [0.25, 0.3) is 11.8 Å². The Bertz CT molecular complexity index is 656. The smallest absolute Gasteiger partial charge is 0.262 e. The Kier molecular flexibility index (Phi) is 5.02. The Hall–Kier alpha value is -2.70. The summed E-state index contributed by atoms with van der Waals surface area (Å²) in [7, 11) is 0. The molecule has 7 nitrogen and oxygen atoms in total. The van der Waals surface area contributed by atoms with Crippen molar-refractivity contribution in [1.29, 1.82) is 0 Å². The van der Waals surface area contributed by atoms with Crippen molar-refractivity contribution < 1.29 is 19.2 Å². The molecule has 1 aliphatic rings. The van der Waals surface area contributed by atoms with Crippen LogP contribution in [-0.2, 0) is 9.59 Å². The minimum atomic E-state index is -0.496. The quantitative estimate of drug-likeness (QED) is 0.609. The summed E-state index contributed by atoms with van der Waals surface area (Å²) in [6.45, 7) is 5.56. The number of hydrogen-bond acceptors (Lipinski definition) is 4. The van der Waals surface area contributed by atoms with Crippen LogP contribution in [0, 0.1) is 5.41 Å². The lowest BCUT2D eigenvalue weighted by molar-refractivity contribution is -0.128. The van der Waals surface area contributed by atoms with Crippen LogP contribution in [0.2, 0.25) is 0 Å². The SMILES string of the molecule is CC(C)(C)C(=O)NCCNC(=O)CN1C(=O)c2ccccc2C1=O. The van der Waals surface area contributed by atoms with E-state index >= 15 is 0 Å². The maximum Gasteiger partial charge on any atom is 0.262 e. The van der Waals surface area contributed by atoms with E-state index in [1.54, 1.807) is 45.0 Å². The highest BCUT2D eigenvalue weighted by molar-refractivity contribution is 6.22. The maximum absolute atomic E-state index is 12.1. The Morgan fingerprint density at radius 3 is 1.96 bits per heavy atom. The average molecular weight is 331 g/mol. The number of carbonyl (C=O) groups excluding carboxylic acids is 4. The first-order valence-electron chi connectivity index (χ1n) is 7.72. The molecule has 1 aliphatic heterocycles. The topological polar surface area (TPSA) is 95.6 Å². The van der Waals surface area contributed by atoms with E-state index < -0.39 is 23.1 Å². The maximum atomic E-state index is 12.1. The second-order valence-electron chi connectivity index (χ2n) is 6.60. The van der Waals surface area contributed by atoms with Gasteiger partial charge < -0.3 is 10.6 Å². The summed E-state index contributed by atoms with van der Waals surface area (Å²) in [5, 5.41) is 5.29. The molecule has 1 aromatic carbocycles. The molecule has 0 unspecified atom stereocenters. The molecule has 2 N–H and O–H groups in total. The van der Waals surface area contributed by atoms with E-state index in [1.165, 1.54) is 0 Å². The first kappa shape index (κ1) is 17.7. The number of nitrogens with one attached hydrogen (secondary N) is 2. The van der Waals surface area contributed by atoms with Crippen LogP contribution in [0.1, 0.15) is 41.5 Å². The lowest BCUT2D eigenvalue weighted by Crippen LogP contribution is -2.44. The van der Waals surface area contributed by atoms with Crippen molar-refractivity contribution in [3.63, 3.8) is 0 Å². The number of imide groups is 1. The van der Waals surface area contributed by atoms with E-state index in [4.69, 9.17) is 0 Å². The predicted octanol–water partition coefficient (Wildman–Crippen LogP) is 0.561. The highest BCUT2D eigenvalue weighted by atomic mass is 16.2. The Labute approximate surface area is 140 Å². The molecule has 24 heavy (non-hydrogen) atoms. The average Bonchev–Trinajstić information content (AvgIpc) is 2.76. The van der Waals surface area contributed by atoms with Crippen LogP contribution >= 0.6 is 0 Å². The zero-order chi connectivity index (χ0) is 17.9. The Morgan fingerprint density at radius 1 is 0.958 bits per heavy atom. The fourth-order valence-electron chi connectivity index (χ4n) is 2.23. The van der Waals surface area contributed by atoms with E-state index in [9.17, 15) is 19.2 Å². The van der Waals surface area contributed by atoms with Crippen LogP contribution in [0.5, 0.6) is 0 Å². The molecule has 4 amide bonds. The van der Waals surface area contributed by atoms with Crippen LogP contribution in [0.15, 0.2) is 24.3 Å². The molecule has 0 radical (unpaired) electrons. The molecule has 0 fully saturated rings. The Morgan fingerprint density at radius 2 is 1.46 bits per heavy atom. The third-order valence-electron chi connectivity index (χ3n) is 3.59. The van der Waals surface area contributed by atoms with Crippen LogP contribution in [0.4, 0.5) is 0 Å². The van der Waals surface area contributed by atoms with Crippen LogP contribution in [0.25, 0.3) is 0 Å². The van der Waals surface area contributed by atoms with Gasteiger partial charge in [-0.1, -0.05) is 32.9 Å². The van der Waals surface area contributed by atoms with Gasteiger partial charge in [0.15, 0.2) is 0 Å². The van der Waals surface area contributed by atoms with Gasteiger partial charge in [-0.3, -0.25) is 24.1 Å². The van der Waals surface area contributed by atoms with E-state index in [-0.39, 0.29) is 25.5 Å². The third-order valence-corrected chi connectivity index (χ3v) is 3.59. The van der Waals surface area contributed by atoms with Gasteiger partial charge in [0.2, 0.25) is 11.8 Å². The lowest BCUT2D eigenvalue weighted by atomic mass is 9.96. The van der Waals surface area contributed by atoms with Gasteiger partial charge in [-0.05, 0) is 12.1 Å². The molecule has 0 spiro atoms. The van der Waals surface area contributed by atoms with E-state index in [0.717, 1.165) is 4.90 Å². The summed E-state index contributed by atoms with van der Waals surface area (Å²) >= 11 is 0. The van der Waals surface area contributed by atoms with Crippen LogP contribution < -0.4 is 10.6 Å². The lowest BCUT2D eigenvalue weighted by Gasteiger charge is -2.18. The van der Waals surface area contributed by atoms with Crippen molar-refractivity contribution in [1.82, 2.24) is 15.5 Å². The first-order chi connectivity index (χ1) is 11.2. The van der Waals surface area contributed by atoms with Crippen LogP contribution in [-0.4, -0.2) is 48.2 Å². The van der Waals surface area contributed by atoms with Gasteiger partial charge in [0.05, 0.1) is 11.1 Å². The number of rotatable bonds is 5. The molecule has 1 aromatic rings. The number of amides is 4. The second kappa shape index (κ2) is 6.82. The van der Waals surface area contributed by atoms with Gasteiger partial charge in [-0.15, -0.1) is 0 Å². The molecule has 2 rings (SSSR count). The van der Waals surface area contributed by atoms with Crippen molar-refractivity contribution in [2.75, 3.05) is 19.6 Å². The number of fused-ring (bicyclic) bond motifs is 1. The summed E-state index contributed by atoms with van der Waals surface area (Å²) in [4.78, 5) is 48.8. The molecular formula is C17H21N3O4. The van der Waals surface area contributed by atoms with Crippen molar-refractivity contribution in [2.24, 2.45) is 5.41 Å². The van der Waals surface area contributed by atoms with Gasteiger partial charge in [-0.25, -0.2) is 0 Å². The summed E-state index contributed by atoms with van der Waals surface area (Å²) in [5.74, 6) is -1.50. The minimum absolute atomic E-state index is 0.114. The monoisotopic (exact) mass is 331 g/mol. The number of benzene rings is 1. The van der Waals surface area contributed by atoms with Gasteiger partial charge in [0, 0.05) is 18.5 Å². The van der Waals surface area contributed by atoms with Gasteiger partial charge >= 0.3 is 0 Å².